The molecule has 0 aliphatic heterocycles. The highest BCUT2D eigenvalue weighted by molar-refractivity contribution is 5.79. The molecule has 0 fully saturated rings. The molecule has 22 heavy (non-hydrogen) atoms. The van der Waals surface area contributed by atoms with Crippen LogP contribution in [0.5, 0.6) is 5.75 Å². The van der Waals surface area contributed by atoms with E-state index < -0.39 is 30.4 Å². The van der Waals surface area contributed by atoms with E-state index >= 15 is 0 Å². The number of pyridine rings is 1. The maximum atomic E-state index is 14.0. The summed E-state index contributed by atoms with van der Waals surface area (Å²) < 4.78 is 55.1. The number of hydrogen-bond donors (Lipinski definition) is 1. The number of carboxylic acids is 1. The Kier molecular flexibility index (Phi) is 4.30. The summed E-state index contributed by atoms with van der Waals surface area (Å²) in [4.78, 5) is 14.2. The first-order chi connectivity index (χ1) is 10.3. The average molecular weight is 315 g/mol. The molecular weight excluding hydrogens is 306 g/mol. The molecule has 1 aromatic carbocycles. The lowest BCUT2D eigenvalue weighted by atomic mass is 9.99. The van der Waals surface area contributed by atoms with Crippen molar-refractivity contribution in [1.82, 2.24) is 4.98 Å². The zero-order valence-electron chi connectivity index (χ0n) is 10.9. The van der Waals surface area contributed by atoms with Gasteiger partial charge in [0, 0.05) is 17.3 Å². The van der Waals surface area contributed by atoms with Gasteiger partial charge in [0.05, 0.1) is 6.42 Å². The molecule has 1 N–H and O–H groups in total. The molecule has 0 aliphatic rings. The van der Waals surface area contributed by atoms with Crippen molar-refractivity contribution < 1.29 is 32.2 Å². The van der Waals surface area contributed by atoms with Crippen LogP contribution in [0.25, 0.3) is 11.1 Å². The summed E-state index contributed by atoms with van der Waals surface area (Å²) in [5.41, 5.74) is -0.551. The molecule has 0 bridgehead atoms. The number of carboxylic acid groups (broad SMARTS) is 1. The van der Waals surface area contributed by atoms with Crippen molar-refractivity contribution in [1.29, 1.82) is 0 Å². The predicted molar refractivity (Wildman–Crippen MR) is 67.7 cm³/mol. The monoisotopic (exact) mass is 315 g/mol. The van der Waals surface area contributed by atoms with Gasteiger partial charge in [0.25, 0.3) is 0 Å². The highest BCUT2D eigenvalue weighted by atomic mass is 19.4. The zero-order chi connectivity index (χ0) is 16.3. The van der Waals surface area contributed by atoms with Gasteiger partial charge in [-0.15, -0.1) is 13.2 Å². The lowest BCUT2D eigenvalue weighted by Gasteiger charge is -2.15. The van der Waals surface area contributed by atoms with Crippen LogP contribution in [0, 0.1) is 5.95 Å². The van der Waals surface area contributed by atoms with E-state index in [0.29, 0.717) is 0 Å². The summed E-state index contributed by atoms with van der Waals surface area (Å²) in [6, 6.07) is 6.12. The fourth-order valence-corrected chi connectivity index (χ4v) is 1.95. The smallest absolute Gasteiger partial charge is 0.481 e. The van der Waals surface area contributed by atoms with Gasteiger partial charge in [-0.2, -0.15) is 4.39 Å². The fraction of sp³-hybridized carbons (Fsp3) is 0.143. The van der Waals surface area contributed by atoms with E-state index in [9.17, 15) is 22.4 Å². The number of rotatable bonds is 4. The highest BCUT2D eigenvalue weighted by Gasteiger charge is 2.32. The number of nitrogens with zero attached hydrogens (tertiary/aromatic N) is 1. The Labute approximate surface area is 122 Å². The summed E-state index contributed by atoms with van der Waals surface area (Å²) in [5.74, 6) is -2.95. The molecule has 8 heteroatoms. The first kappa shape index (κ1) is 15.7. The van der Waals surface area contributed by atoms with Gasteiger partial charge in [0.2, 0.25) is 5.95 Å². The first-order valence-corrected chi connectivity index (χ1v) is 5.98. The SMILES string of the molecule is O=C(O)Cc1ccnc(F)c1-c1ccccc1OC(F)(F)F. The van der Waals surface area contributed by atoms with Crippen molar-refractivity contribution in [2.75, 3.05) is 0 Å². The van der Waals surface area contributed by atoms with Crippen molar-refractivity contribution in [3.8, 4) is 16.9 Å². The lowest BCUT2D eigenvalue weighted by molar-refractivity contribution is -0.274. The molecule has 116 valence electrons. The molecule has 0 unspecified atom stereocenters. The molecule has 4 nitrogen and oxygen atoms in total. The third kappa shape index (κ3) is 3.72. The van der Waals surface area contributed by atoms with Gasteiger partial charge in [-0.05, 0) is 17.7 Å². The van der Waals surface area contributed by atoms with E-state index in [1.54, 1.807) is 0 Å². The van der Waals surface area contributed by atoms with E-state index in [4.69, 9.17) is 5.11 Å². The zero-order valence-corrected chi connectivity index (χ0v) is 10.9. The molecule has 0 spiro atoms. The van der Waals surface area contributed by atoms with Crippen LogP contribution >= 0.6 is 0 Å². The van der Waals surface area contributed by atoms with Crippen molar-refractivity contribution in [2.24, 2.45) is 0 Å². The van der Waals surface area contributed by atoms with Crippen molar-refractivity contribution in [3.05, 3.63) is 48.0 Å². The van der Waals surface area contributed by atoms with Gasteiger partial charge in [-0.1, -0.05) is 18.2 Å². The minimum atomic E-state index is -4.96. The van der Waals surface area contributed by atoms with Crippen LogP contribution in [-0.2, 0) is 11.2 Å². The topological polar surface area (TPSA) is 59.4 Å². The van der Waals surface area contributed by atoms with Gasteiger partial charge in [-0.25, -0.2) is 4.98 Å². The van der Waals surface area contributed by atoms with Gasteiger partial charge in [0.1, 0.15) is 5.75 Å². The molecule has 2 aromatic rings. The maximum absolute atomic E-state index is 14.0. The lowest BCUT2D eigenvalue weighted by Crippen LogP contribution is -2.18. The second-order valence-corrected chi connectivity index (χ2v) is 4.25. The highest BCUT2D eigenvalue weighted by Crippen LogP contribution is 2.36. The molecule has 0 radical (unpaired) electrons. The van der Waals surface area contributed by atoms with Crippen LogP contribution in [-0.4, -0.2) is 22.4 Å². The van der Waals surface area contributed by atoms with E-state index in [2.05, 4.69) is 9.72 Å². The quantitative estimate of drug-likeness (QED) is 0.694. The Bertz CT molecular complexity index is 701. The number of para-hydroxylation sites is 1. The van der Waals surface area contributed by atoms with Crippen LogP contribution in [0.1, 0.15) is 5.56 Å². The average Bonchev–Trinajstić information content (AvgIpc) is 2.38. The molecule has 1 aromatic heterocycles. The number of aliphatic carboxylic acids is 1. The fourth-order valence-electron chi connectivity index (χ4n) is 1.95. The van der Waals surface area contributed by atoms with Gasteiger partial charge < -0.3 is 9.84 Å². The number of ether oxygens (including phenoxy) is 1. The van der Waals surface area contributed by atoms with Crippen LogP contribution in [0.2, 0.25) is 0 Å². The maximum Gasteiger partial charge on any atom is 0.573 e. The number of carbonyl (C=O) groups is 1. The summed E-state index contributed by atoms with van der Waals surface area (Å²) in [7, 11) is 0. The van der Waals surface area contributed by atoms with Gasteiger partial charge in [0.15, 0.2) is 0 Å². The molecule has 0 aliphatic carbocycles. The van der Waals surface area contributed by atoms with E-state index in [1.807, 2.05) is 0 Å². The van der Waals surface area contributed by atoms with Gasteiger partial charge in [-0.3, -0.25) is 4.79 Å². The van der Waals surface area contributed by atoms with E-state index in [-0.39, 0.29) is 16.7 Å². The summed E-state index contributed by atoms with van der Waals surface area (Å²) in [6.45, 7) is 0. The molecule has 0 saturated carbocycles. The van der Waals surface area contributed by atoms with Crippen molar-refractivity contribution >= 4 is 5.97 Å². The Balaban J connectivity index is 2.59. The molecule has 0 atom stereocenters. The van der Waals surface area contributed by atoms with Crippen LogP contribution in [0.4, 0.5) is 17.6 Å². The summed E-state index contributed by atoms with van der Waals surface area (Å²) >= 11 is 0. The second kappa shape index (κ2) is 6.00. The molecule has 0 amide bonds. The Morgan fingerprint density at radius 1 is 1.23 bits per heavy atom. The number of benzene rings is 1. The standard InChI is InChI=1S/C14H9F4NO3/c15-13-12(8(5-6-19-13)7-11(20)21)9-3-1-2-4-10(9)22-14(16,17)18/h1-6H,7H2,(H,20,21). The van der Waals surface area contributed by atoms with E-state index in [1.165, 1.54) is 24.3 Å². The Morgan fingerprint density at radius 3 is 2.55 bits per heavy atom. The summed E-state index contributed by atoms with van der Waals surface area (Å²) in [5, 5.41) is 8.83. The first-order valence-electron chi connectivity index (χ1n) is 5.98. The number of halogens is 4. The third-order valence-corrected chi connectivity index (χ3v) is 2.71. The minimum absolute atomic E-state index is 0.00164. The number of hydrogen-bond acceptors (Lipinski definition) is 3. The van der Waals surface area contributed by atoms with E-state index in [0.717, 1.165) is 12.3 Å². The number of aromatic nitrogens is 1. The second-order valence-electron chi connectivity index (χ2n) is 4.25. The van der Waals surface area contributed by atoms with Crippen molar-refractivity contribution in [3.63, 3.8) is 0 Å². The number of alkyl halides is 3. The molecule has 2 rings (SSSR count). The van der Waals surface area contributed by atoms with Crippen molar-refractivity contribution in [2.45, 2.75) is 12.8 Å². The van der Waals surface area contributed by atoms with Gasteiger partial charge >= 0.3 is 12.3 Å². The van der Waals surface area contributed by atoms with Crippen LogP contribution in [0.15, 0.2) is 36.5 Å². The Morgan fingerprint density at radius 2 is 1.91 bits per heavy atom. The predicted octanol–water partition coefficient (Wildman–Crippen LogP) is 3.41. The normalized spacial score (nSPS) is 11.3. The molecular formula is C14H9F4NO3. The van der Waals surface area contributed by atoms with Crippen LogP contribution < -0.4 is 4.74 Å². The minimum Gasteiger partial charge on any atom is -0.481 e. The molecule has 0 saturated heterocycles. The summed E-state index contributed by atoms with van der Waals surface area (Å²) in [6.07, 6.45) is -4.47. The Hall–Kier alpha value is -2.64. The third-order valence-electron chi connectivity index (χ3n) is 2.71. The molecule has 1 heterocycles. The van der Waals surface area contributed by atoms with Crippen LogP contribution in [0.3, 0.4) is 0 Å². The largest absolute Gasteiger partial charge is 0.573 e.